The van der Waals surface area contributed by atoms with E-state index in [9.17, 15) is 13.2 Å². The average Bonchev–Trinajstić information content (AvgIpc) is 3.19. The molecule has 1 saturated heterocycles. The molecule has 1 amide bonds. The van der Waals surface area contributed by atoms with E-state index < -0.39 is 9.84 Å². The Hall–Kier alpha value is -3.10. The van der Waals surface area contributed by atoms with E-state index in [0.717, 1.165) is 35.2 Å². The first kappa shape index (κ1) is 22.7. The van der Waals surface area contributed by atoms with Gasteiger partial charge in [-0.15, -0.1) is 0 Å². The summed E-state index contributed by atoms with van der Waals surface area (Å²) in [6, 6.07) is 16.3. The molecule has 2 aromatic carbocycles. The quantitative estimate of drug-likeness (QED) is 0.417. The fourth-order valence-electron chi connectivity index (χ4n) is 4.47. The summed E-state index contributed by atoms with van der Waals surface area (Å²) in [5.74, 6) is 0.711. The number of benzene rings is 2. The molecule has 4 aromatic rings. The number of fused-ring (bicyclic) bond motifs is 2. The van der Waals surface area contributed by atoms with E-state index in [1.807, 2.05) is 22.7 Å². The van der Waals surface area contributed by atoms with Crippen LogP contribution in [0.1, 0.15) is 12.8 Å². The molecule has 7 nitrogen and oxygen atoms in total. The summed E-state index contributed by atoms with van der Waals surface area (Å²) in [5, 5.41) is 2.28. The lowest BCUT2D eigenvalue weighted by molar-refractivity contribution is -0.130. The first-order valence-electron chi connectivity index (χ1n) is 11.3. The number of halogens is 1. The van der Waals surface area contributed by atoms with E-state index in [4.69, 9.17) is 11.6 Å². The number of hydrogen-bond acceptors (Lipinski definition) is 5. The first-order valence-corrected chi connectivity index (χ1v) is 13.3. The molecule has 176 valence electrons. The number of pyridine rings is 1. The minimum Gasteiger partial charge on any atom is -0.356 e. The van der Waals surface area contributed by atoms with Crippen LogP contribution in [0.3, 0.4) is 0 Å². The monoisotopic (exact) mass is 496 g/mol. The molecule has 9 heteroatoms. The van der Waals surface area contributed by atoms with Crippen LogP contribution in [0.5, 0.6) is 0 Å². The fourth-order valence-corrected chi connectivity index (χ4v) is 5.91. The number of sulfone groups is 1. The lowest BCUT2D eigenvalue weighted by Gasteiger charge is -2.24. The van der Waals surface area contributed by atoms with E-state index in [1.165, 1.54) is 0 Å². The van der Waals surface area contributed by atoms with Crippen LogP contribution in [0, 0.1) is 0 Å². The maximum atomic E-state index is 12.9. The highest BCUT2D eigenvalue weighted by Crippen LogP contribution is 2.24. The number of carbonyl (C=O) groups excluding carboxylic acids is 1. The van der Waals surface area contributed by atoms with Crippen molar-refractivity contribution in [1.82, 2.24) is 14.3 Å². The molecule has 1 fully saturated rings. The molecule has 1 aliphatic heterocycles. The Morgan fingerprint density at radius 2 is 1.79 bits per heavy atom. The third-order valence-electron chi connectivity index (χ3n) is 6.30. The molecule has 5 rings (SSSR count). The third-order valence-corrected chi connectivity index (χ3v) is 8.25. The van der Waals surface area contributed by atoms with Crippen LogP contribution in [-0.2, 0) is 14.6 Å². The molecular weight excluding hydrogens is 472 g/mol. The minimum absolute atomic E-state index is 0.0297. The van der Waals surface area contributed by atoms with Crippen molar-refractivity contribution >= 4 is 49.6 Å². The van der Waals surface area contributed by atoms with Gasteiger partial charge in [-0.3, -0.25) is 9.20 Å². The highest BCUT2D eigenvalue weighted by molar-refractivity contribution is 7.91. The molecule has 0 spiro atoms. The fraction of sp³-hybridized carbons (Fsp3) is 0.280. The highest BCUT2D eigenvalue weighted by Gasteiger charge is 2.23. The molecule has 2 aromatic heterocycles. The van der Waals surface area contributed by atoms with Gasteiger partial charge in [-0.1, -0.05) is 29.8 Å². The zero-order valence-electron chi connectivity index (χ0n) is 18.6. The second kappa shape index (κ2) is 9.27. The summed E-state index contributed by atoms with van der Waals surface area (Å²) in [7, 11) is -3.58. The molecule has 0 N–H and O–H groups in total. The smallest absolute Gasteiger partial charge is 0.223 e. The molecule has 0 aliphatic carbocycles. The van der Waals surface area contributed by atoms with Crippen molar-refractivity contribution < 1.29 is 13.2 Å². The van der Waals surface area contributed by atoms with E-state index in [2.05, 4.69) is 16.0 Å². The second-order valence-corrected chi connectivity index (χ2v) is 11.0. The van der Waals surface area contributed by atoms with Gasteiger partial charge in [0, 0.05) is 50.0 Å². The number of imidazole rings is 1. The van der Waals surface area contributed by atoms with Gasteiger partial charge in [0.1, 0.15) is 11.5 Å². The van der Waals surface area contributed by atoms with Crippen molar-refractivity contribution in [2.24, 2.45) is 0 Å². The molecule has 0 saturated carbocycles. The number of amides is 1. The molecule has 0 bridgehead atoms. The van der Waals surface area contributed by atoms with Crippen molar-refractivity contribution in [1.29, 1.82) is 0 Å². The van der Waals surface area contributed by atoms with Gasteiger partial charge in [-0.2, -0.15) is 0 Å². The normalized spacial score (nSPS) is 15.1. The molecule has 0 radical (unpaired) electrons. The number of anilines is 1. The van der Waals surface area contributed by atoms with Crippen molar-refractivity contribution in [3.05, 3.63) is 72.0 Å². The minimum atomic E-state index is -3.58. The number of hydrogen-bond donors (Lipinski definition) is 0. The zero-order valence-corrected chi connectivity index (χ0v) is 20.2. The Kier molecular flexibility index (Phi) is 6.18. The van der Waals surface area contributed by atoms with Gasteiger partial charge in [0.15, 0.2) is 9.84 Å². The number of rotatable bonds is 5. The average molecular weight is 497 g/mol. The lowest BCUT2D eigenvalue weighted by Crippen LogP contribution is -2.36. The SMILES string of the molecule is O=C(CCS(=O)(=O)c1ccc2cc(Cl)ccc2c1)N1CCCN(c2cccc3nccn23)CC1. The van der Waals surface area contributed by atoms with Crippen molar-refractivity contribution in [2.75, 3.05) is 36.8 Å². The first-order chi connectivity index (χ1) is 16.4. The lowest BCUT2D eigenvalue weighted by atomic mass is 10.1. The summed E-state index contributed by atoms with van der Waals surface area (Å²) < 4.78 is 27.9. The largest absolute Gasteiger partial charge is 0.356 e. The highest BCUT2D eigenvalue weighted by atomic mass is 35.5. The molecule has 34 heavy (non-hydrogen) atoms. The van der Waals surface area contributed by atoms with E-state index in [0.29, 0.717) is 24.7 Å². The maximum Gasteiger partial charge on any atom is 0.223 e. The summed E-state index contributed by atoms with van der Waals surface area (Å²) in [4.78, 5) is 21.5. The van der Waals surface area contributed by atoms with Gasteiger partial charge in [0.2, 0.25) is 5.91 Å². The van der Waals surface area contributed by atoms with Gasteiger partial charge in [-0.25, -0.2) is 13.4 Å². The van der Waals surface area contributed by atoms with Crippen LogP contribution in [0.25, 0.3) is 16.4 Å². The Bertz CT molecular complexity index is 1470. The predicted molar refractivity (Wildman–Crippen MR) is 134 cm³/mol. The molecule has 3 heterocycles. The van der Waals surface area contributed by atoms with Crippen LogP contribution < -0.4 is 4.90 Å². The van der Waals surface area contributed by atoms with Crippen molar-refractivity contribution in [2.45, 2.75) is 17.7 Å². The Labute approximate surface area is 203 Å². The van der Waals surface area contributed by atoms with E-state index in [-0.39, 0.29) is 23.0 Å². The summed E-state index contributed by atoms with van der Waals surface area (Å²) in [6.45, 7) is 2.68. The maximum absolute atomic E-state index is 12.9. The Balaban J connectivity index is 1.23. The van der Waals surface area contributed by atoms with Gasteiger partial charge >= 0.3 is 0 Å². The van der Waals surface area contributed by atoms with Crippen molar-refractivity contribution in [3.8, 4) is 0 Å². The van der Waals surface area contributed by atoms with Crippen LogP contribution in [0.15, 0.2) is 71.9 Å². The van der Waals surface area contributed by atoms with Crippen LogP contribution >= 0.6 is 11.6 Å². The third kappa shape index (κ3) is 4.60. The summed E-state index contributed by atoms with van der Waals surface area (Å²) in [6.07, 6.45) is 4.50. The number of aromatic nitrogens is 2. The van der Waals surface area contributed by atoms with Crippen molar-refractivity contribution in [3.63, 3.8) is 0 Å². The molecule has 0 unspecified atom stereocenters. The van der Waals surface area contributed by atoms with E-state index >= 15 is 0 Å². The van der Waals surface area contributed by atoms with Crippen LogP contribution in [-0.4, -0.2) is 60.5 Å². The summed E-state index contributed by atoms with van der Waals surface area (Å²) in [5.41, 5.74) is 0.886. The summed E-state index contributed by atoms with van der Waals surface area (Å²) >= 11 is 6.02. The van der Waals surface area contributed by atoms with Gasteiger partial charge in [-0.05, 0) is 53.6 Å². The van der Waals surface area contributed by atoms with E-state index in [1.54, 1.807) is 47.5 Å². The van der Waals surface area contributed by atoms with Gasteiger partial charge in [0.25, 0.3) is 0 Å². The molecular formula is C25H25ClN4O3S. The molecule has 0 atom stereocenters. The van der Waals surface area contributed by atoms with Crippen LogP contribution in [0.4, 0.5) is 5.82 Å². The van der Waals surface area contributed by atoms with Crippen LogP contribution in [0.2, 0.25) is 5.02 Å². The molecule has 1 aliphatic rings. The Morgan fingerprint density at radius 3 is 2.68 bits per heavy atom. The standard InChI is InChI=1S/C25H25ClN4O3S/c26-21-7-5-20-18-22(8-6-19(20)17-21)34(32,33)16-9-25(31)29-12-2-11-28(14-15-29)24-4-1-3-23-27-10-13-30(23)24/h1,3-8,10,13,17-18H,2,9,11-12,14-16H2. The second-order valence-electron chi connectivity index (χ2n) is 8.48. The van der Waals surface area contributed by atoms with Gasteiger partial charge in [0.05, 0.1) is 10.6 Å². The number of nitrogens with zero attached hydrogens (tertiary/aromatic N) is 4. The predicted octanol–water partition coefficient (Wildman–Crippen LogP) is 4.04. The van der Waals surface area contributed by atoms with Gasteiger partial charge < -0.3 is 9.80 Å². The zero-order chi connectivity index (χ0) is 23.7. The number of carbonyl (C=O) groups is 1. The topological polar surface area (TPSA) is 75.0 Å². The Morgan fingerprint density at radius 1 is 0.971 bits per heavy atom.